The van der Waals surface area contributed by atoms with Crippen LogP contribution in [-0.2, 0) is 26.6 Å². The first-order valence-electron chi connectivity index (χ1n) is 7.22. The van der Waals surface area contributed by atoms with Crippen LogP contribution in [0.15, 0.2) is 47.4 Å². The Labute approximate surface area is 146 Å². The summed E-state index contributed by atoms with van der Waals surface area (Å²) in [6.45, 7) is 0. The van der Waals surface area contributed by atoms with E-state index in [2.05, 4.69) is 0 Å². The molecule has 1 aliphatic rings. The maximum atomic E-state index is 12.9. The summed E-state index contributed by atoms with van der Waals surface area (Å²) in [5.74, 6) is -0.852. The van der Waals surface area contributed by atoms with Gasteiger partial charge in [0, 0.05) is 12.6 Å². The molecule has 138 valence electrons. The number of rotatable bonds is 2. The molecule has 0 saturated heterocycles. The van der Waals surface area contributed by atoms with Crippen LogP contribution < -0.4 is 10.0 Å². The zero-order valence-electron chi connectivity index (χ0n) is 13.3. The van der Waals surface area contributed by atoms with Gasteiger partial charge in [0.25, 0.3) is 5.91 Å². The number of hydrogen-bond acceptors (Lipinski definition) is 4. The predicted molar refractivity (Wildman–Crippen MR) is 85.7 cm³/mol. The Balaban J connectivity index is 2.16. The highest BCUT2D eigenvalue weighted by atomic mass is 32.2. The Bertz CT molecular complexity index is 1000. The van der Waals surface area contributed by atoms with Gasteiger partial charge < -0.3 is 10.0 Å². The van der Waals surface area contributed by atoms with Crippen molar-refractivity contribution in [3.63, 3.8) is 0 Å². The zero-order chi connectivity index (χ0) is 19.5. The van der Waals surface area contributed by atoms with E-state index in [0.29, 0.717) is 0 Å². The third-order valence-electron chi connectivity index (χ3n) is 4.29. The highest BCUT2D eigenvalue weighted by Crippen LogP contribution is 2.45. The molecule has 1 amide bonds. The van der Waals surface area contributed by atoms with Crippen molar-refractivity contribution in [2.24, 2.45) is 5.14 Å². The van der Waals surface area contributed by atoms with Gasteiger partial charge in [-0.3, -0.25) is 4.79 Å². The number of carbonyl (C=O) groups is 1. The summed E-state index contributed by atoms with van der Waals surface area (Å²) >= 11 is 0. The molecule has 2 aromatic carbocycles. The molecule has 0 aromatic heterocycles. The van der Waals surface area contributed by atoms with Crippen molar-refractivity contribution in [3.8, 4) is 0 Å². The number of primary sulfonamides is 1. The second-order valence-corrected chi connectivity index (χ2v) is 7.44. The number of anilines is 1. The van der Waals surface area contributed by atoms with Gasteiger partial charge in [-0.15, -0.1) is 0 Å². The number of carbonyl (C=O) groups excluding carboxylic acids is 1. The molecule has 0 aliphatic carbocycles. The van der Waals surface area contributed by atoms with Crippen molar-refractivity contribution < 1.29 is 31.5 Å². The van der Waals surface area contributed by atoms with Crippen LogP contribution in [0, 0.1) is 0 Å². The maximum Gasteiger partial charge on any atom is 0.416 e. The molecule has 2 aromatic rings. The van der Waals surface area contributed by atoms with Gasteiger partial charge in [0.05, 0.1) is 16.1 Å². The number of halogens is 3. The van der Waals surface area contributed by atoms with Gasteiger partial charge in [-0.25, -0.2) is 13.6 Å². The number of aliphatic hydroxyl groups is 1. The lowest BCUT2D eigenvalue weighted by Gasteiger charge is -2.22. The highest BCUT2D eigenvalue weighted by Gasteiger charge is 2.50. The van der Waals surface area contributed by atoms with Crippen molar-refractivity contribution in [2.75, 3.05) is 11.9 Å². The van der Waals surface area contributed by atoms with Crippen LogP contribution in [0.5, 0.6) is 0 Å². The molecule has 26 heavy (non-hydrogen) atoms. The monoisotopic (exact) mass is 386 g/mol. The fourth-order valence-corrected chi connectivity index (χ4v) is 3.44. The number of likely N-dealkylation sites (N-methyl/N-ethyl adjacent to an activating group) is 1. The van der Waals surface area contributed by atoms with Crippen molar-refractivity contribution in [1.29, 1.82) is 0 Å². The molecule has 1 heterocycles. The molecular weight excluding hydrogens is 373 g/mol. The Hall–Kier alpha value is -2.43. The van der Waals surface area contributed by atoms with Crippen LogP contribution in [0.2, 0.25) is 0 Å². The topological polar surface area (TPSA) is 101 Å². The molecule has 0 bridgehead atoms. The van der Waals surface area contributed by atoms with E-state index in [4.69, 9.17) is 5.14 Å². The number of alkyl halides is 3. The average molecular weight is 386 g/mol. The summed E-state index contributed by atoms with van der Waals surface area (Å²) in [6.07, 6.45) is -4.60. The Morgan fingerprint density at radius 1 is 1.12 bits per heavy atom. The predicted octanol–water partition coefficient (Wildman–Crippen LogP) is 1.57. The number of amides is 1. The van der Waals surface area contributed by atoms with E-state index < -0.39 is 33.3 Å². The fraction of sp³-hybridized carbons (Fsp3) is 0.188. The van der Waals surface area contributed by atoms with Gasteiger partial charge in [-0.05, 0) is 29.8 Å². The van der Waals surface area contributed by atoms with E-state index >= 15 is 0 Å². The zero-order valence-corrected chi connectivity index (χ0v) is 14.1. The molecule has 0 fully saturated rings. The van der Waals surface area contributed by atoms with Crippen LogP contribution >= 0.6 is 0 Å². The number of fused-ring (bicyclic) bond motifs is 1. The van der Waals surface area contributed by atoms with Gasteiger partial charge in [0.2, 0.25) is 10.0 Å². The molecule has 1 aliphatic heterocycles. The standard InChI is InChI=1S/C16H13F3N2O4S/c1-21-13-8-10(16(17,18)19)4-7-12(13)15(23,14(21)22)9-2-5-11(6-3-9)26(20,24)25/h2-8,23H,1H3,(H2,20,24,25). The van der Waals surface area contributed by atoms with E-state index in [9.17, 15) is 31.5 Å². The number of hydrogen-bond donors (Lipinski definition) is 2. The molecule has 0 spiro atoms. The Morgan fingerprint density at radius 3 is 2.19 bits per heavy atom. The third-order valence-corrected chi connectivity index (χ3v) is 5.22. The van der Waals surface area contributed by atoms with Gasteiger partial charge >= 0.3 is 6.18 Å². The van der Waals surface area contributed by atoms with Crippen LogP contribution in [-0.4, -0.2) is 26.5 Å². The second-order valence-electron chi connectivity index (χ2n) is 5.87. The van der Waals surface area contributed by atoms with E-state index in [1.807, 2.05) is 0 Å². The minimum Gasteiger partial charge on any atom is -0.372 e. The second kappa shape index (κ2) is 5.53. The first kappa shape index (κ1) is 18.4. The minimum atomic E-state index is -4.60. The lowest BCUT2D eigenvalue weighted by Crippen LogP contribution is -2.39. The van der Waals surface area contributed by atoms with Crippen molar-refractivity contribution >= 4 is 21.6 Å². The molecule has 10 heteroatoms. The number of nitrogens with zero attached hydrogens (tertiary/aromatic N) is 1. The molecule has 1 unspecified atom stereocenters. The fourth-order valence-electron chi connectivity index (χ4n) is 2.92. The number of benzene rings is 2. The summed E-state index contributed by atoms with van der Waals surface area (Å²) in [4.78, 5) is 13.3. The normalized spacial score (nSPS) is 20.4. The molecule has 0 saturated carbocycles. The Morgan fingerprint density at radius 2 is 1.69 bits per heavy atom. The van der Waals surface area contributed by atoms with Crippen LogP contribution in [0.1, 0.15) is 16.7 Å². The van der Waals surface area contributed by atoms with Crippen molar-refractivity contribution in [1.82, 2.24) is 0 Å². The first-order valence-corrected chi connectivity index (χ1v) is 8.77. The molecule has 3 N–H and O–H groups in total. The van der Waals surface area contributed by atoms with Gasteiger partial charge in [-0.1, -0.05) is 18.2 Å². The van der Waals surface area contributed by atoms with Crippen LogP contribution in [0.25, 0.3) is 0 Å². The summed E-state index contributed by atoms with van der Waals surface area (Å²) in [5.41, 5.74) is -3.28. The van der Waals surface area contributed by atoms with Crippen LogP contribution in [0.3, 0.4) is 0 Å². The highest BCUT2D eigenvalue weighted by molar-refractivity contribution is 7.89. The van der Waals surface area contributed by atoms with Gasteiger partial charge in [0.1, 0.15) is 0 Å². The van der Waals surface area contributed by atoms with E-state index in [0.717, 1.165) is 35.2 Å². The average Bonchev–Trinajstić information content (AvgIpc) is 2.76. The summed E-state index contributed by atoms with van der Waals surface area (Å²) in [6, 6.07) is 7.19. The van der Waals surface area contributed by atoms with Gasteiger partial charge in [-0.2, -0.15) is 13.2 Å². The first-order chi connectivity index (χ1) is 11.9. The third kappa shape index (κ3) is 2.66. The smallest absolute Gasteiger partial charge is 0.372 e. The minimum absolute atomic E-state index is 0.0141. The number of nitrogens with two attached hydrogens (primary N) is 1. The van der Waals surface area contributed by atoms with E-state index in [1.54, 1.807) is 0 Å². The number of sulfonamides is 1. The summed E-state index contributed by atoms with van der Waals surface area (Å²) < 4.78 is 61.4. The maximum absolute atomic E-state index is 12.9. The molecule has 6 nitrogen and oxygen atoms in total. The van der Waals surface area contributed by atoms with Gasteiger partial charge in [0.15, 0.2) is 5.60 Å². The quantitative estimate of drug-likeness (QED) is 0.818. The van der Waals surface area contributed by atoms with Crippen LogP contribution in [0.4, 0.5) is 18.9 Å². The Kier molecular flexibility index (Phi) is 3.91. The van der Waals surface area contributed by atoms with Crippen molar-refractivity contribution in [2.45, 2.75) is 16.7 Å². The van der Waals surface area contributed by atoms with E-state index in [-0.39, 0.29) is 21.7 Å². The summed E-state index contributed by atoms with van der Waals surface area (Å²) in [7, 11) is -2.72. The summed E-state index contributed by atoms with van der Waals surface area (Å²) in [5, 5.41) is 16.0. The lowest BCUT2D eigenvalue weighted by molar-refractivity contribution is -0.137. The van der Waals surface area contributed by atoms with Crippen molar-refractivity contribution in [3.05, 3.63) is 59.2 Å². The SMILES string of the molecule is CN1C(=O)C(O)(c2ccc(S(N)(=O)=O)cc2)c2ccc(C(F)(F)F)cc21. The lowest BCUT2D eigenvalue weighted by atomic mass is 9.87. The molecule has 3 rings (SSSR count). The molecular formula is C16H13F3N2O4S. The molecule has 1 atom stereocenters. The largest absolute Gasteiger partial charge is 0.416 e. The van der Waals surface area contributed by atoms with E-state index in [1.165, 1.54) is 19.2 Å². The molecule has 0 radical (unpaired) electrons.